The van der Waals surface area contributed by atoms with Crippen LogP contribution in [0.3, 0.4) is 0 Å². The second-order valence-electron chi connectivity index (χ2n) is 18.5. The van der Waals surface area contributed by atoms with E-state index in [1.165, 1.54) is 0 Å². The molecular weight excluding hydrogens is 949 g/mol. The van der Waals surface area contributed by atoms with Crippen molar-refractivity contribution in [2.45, 2.75) is 50.3 Å². The van der Waals surface area contributed by atoms with Crippen molar-refractivity contribution in [1.82, 2.24) is 31.9 Å². The van der Waals surface area contributed by atoms with E-state index in [0.717, 1.165) is 44.5 Å². The number of rotatable bonds is 4. The quantitative estimate of drug-likeness (QED) is 0.119. The van der Waals surface area contributed by atoms with Crippen LogP contribution in [0.2, 0.25) is 0 Å². The fourth-order valence-electron chi connectivity index (χ4n) is 9.18. The van der Waals surface area contributed by atoms with Gasteiger partial charge in [0.15, 0.2) is 0 Å². The lowest BCUT2D eigenvalue weighted by Crippen LogP contribution is -2.77. The molecule has 0 radical (unpaired) electrons. The molecular formula is C62H60N10O4+2. The molecule has 8 aromatic carbocycles. The van der Waals surface area contributed by atoms with Gasteiger partial charge in [0.05, 0.1) is 50.3 Å². The van der Waals surface area contributed by atoms with Crippen molar-refractivity contribution in [2.75, 3.05) is 0 Å². The average molecular weight is 1010 g/mol. The van der Waals surface area contributed by atoms with E-state index in [1.807, 2.05) is 170 Å². The number of guanidine groups is 2. The van der Waals surface area contributed by atoms with Crippen molar-refractivity contribution in [2.24, 2.45) is 11.5 Å². The van der Waals surface area contributed by atoms with Gasteiger partial charge in [-0.3, -0.25) is 51.3 Å². The minimum Gasteiger partial charge on any atom is -0.343 e. The normalized spacial score (nSPS) is 18.3. The van der Waals surface area contributed by atoms with E-state index in [4.69, 9.17) is 11.5 Å². The van der Waals surface area contributed by atoms with Crippen LogP contribution < -0.4 is 53.4 Å². The van der Waals surface area contributed by atoms with Gasteiger partial charge in [0, 0.05) is 22.3 Å². The highest BCUT2D eigenvalue weighted by molar-refractivity contribution is 5.97. The molecule has 76 heavy (non-hydrogen) atoms. The zero-order chi connectivity index (χ0) is 52.6. The molecule has 380 valence electrons. The number of hydrogen-bond acceptors (Lipinski definition) is 8. The molecule has 1 aliphatic heterocycles. The van der Waals surface area contributed by atoms with Crippen molar-refractivity contribution < 1.29 is 29.2 Å². The first-order valence-corrected chi connectivity index (χ1v) is 25.1. The maximum Gasteiger partial charge on any atom is 0.341 e. The molecule has 1 heterocycles. The van der Waals surface area contributed by atoms with Gasteiger partial charge in [-0.05, 0) is 93.0 Å². The minimum absolute atomic E-state index is 0.295. The Kier molecular flexibility index (Phi) is 16.6. The molecule has 14 heteroatoms. The van der Waals surface area contributed by atoms with E-state index in [9.17, 15) is 19.2 Å². The Morgan fingerprint density at radius 1 is 0.316 bits per heavy atom. The van der Waals surface area contributed by atoms with Gasteiger partial charge in [-0.25, -0.2) is 0 Å². The van der Waals surface area contributed by atoms with Crippen molar-refractivity contribution in [1.29, 1.82) is 0 Å². The van der Waals surface area contributed by atoms with Gasteiger partial charge in [-0.2, -0.15) is 0 Å². The number of benzene rings is 8. The summed E-state index contributed by atoms with van der Waals surface area (Å²) in [5.74, 6) is -0.740. The maximum absolute atomic E-state index is 14.3. The largest absolute Gasteiger partial charge is 0.343 e. The van der Waals surface area contributed by atoms with Gasteiger partial charge < -0.3 is 21.3 Å². The molecule has 0 saturated heterocycles. The number of nitrogens with one attached hydrogen (secondary N) is 8. The van der Waals surface area contributed by atoms with Crippen LogP contribution in [0.4, 0.5) is 0 Å². The molecule has 0 fully saturated rings. The highest BCUT2D eigenvalue weighted by Crippen LogP contribution is 2.32. The summed E-state index contributed by atoms with van der Waals surface area (Å²) < 4.78 is 0. The standard InChI is InChI=1S/C62H58N10O4/c63-61-65-37-41-17-13-29-49(33-41)57(73)69-53(45-21-5-1-6-22-45)54(46-23-7-2-8-24-46)70-58(74)50-30-14-18-42(34-50)38-66-62(64)68-40-44-20-16-32-52(36-44)60(76)72-56(48-27-11-4-12-28-48)55(47-25-9-3-10-26-47)71-59(75)51-31-15-19-43(35-51)39-67-61/h1-36,53-56H,37-40H2,(H,69,73)(H,70,74)(H,71,75)(H,72,76)(H3,63,65,67)(H3,64,66,68)/p+2/t53-,54-,55-,56-/m0/s1. The van der Waals surface area contributed by atoms with Gasteiger partial charge in [0.1, 0.15) is 0 Å². The Morgan fingerprint density at radius 2 is 0.566 bits per heavy atom. The van der Waals surface area contributed by atoms with E-state index in [1.54, 1.807) is 48.5 Å². The average Bonchev–Trinajstić information content (AvgIpc) is 3.47. The van der Waals surface area contributed by atoms with E-state index in [0.29, 0.717) is 60.4 Å². The summed E-state index contributed by atoms with van der Waals surface area (Å²) in [6, 6.07) is 64.6. The summed E-state index contributed by atoms with van der Waals surface area (Å²) in [4.78, 5) is 63.8. The third-order valence-electron chi connectivity index (χ3n) is 13.1. The fourth-order valence-corrected chi connectivity index (χ4v) is 9.18. The molecule has 0 unspecified atom stereocenters. The summed E-state index contributed by atoms with van der Waals surface area (Å²) in [6.07, 6.45) is 0. The summed E-state index contributed by atoms with van der Waals surface area (Å²) in [5.41, 5.74) is 21.0. The van der Waals surface area contributed by atoms with Crippen LogP contribution in [-0.4, -0.2) is 35.5 Å². The molecule has 4 atom stereocenters. The maximum atomic E-state index is 14.3. The van der Waals surface area contributed by atoms with E-state index in [-0.39, 0.29) is 23.6 Å². The lowest BCUT2D eigenvalue weighted by molar-refractivity contribution is -0.479. The first-order chi connectivity index (χ1) is 37.1. The van der Waals surface area contributed by atoms with Crippen LogP contribution in [0.15, 0.2) is 218 Å². The fraction of sp³-hybridized carbons (Fsp3) is 0.129. The van der Waals surface area contributed by atoms with E-state index >= 15 is 0 Å². The lowest BCUT2D eigenvalue weighted by Gasteiger charge is -2.30. The summed E-state index contributed by atoms with van der Waals surface area (Å²) in [7, 11) is 0. The molecule has 9 rings (SSSR count). The smallest absolute Gasteiger partial charge is 0.341 e. The Balaban J connectivity index is 1.04. The monoisotopic (exact) mass is 1010 g/mol. The second kappa shape index (κ2) is 24.7. The van der Waals surface area contributed by atoms with E-state index < -0.39 is 24.2 Å². The number of nitrogens with two attached hydrogens (primary N) is 2. The van der Waals surface area contributed by atoms with Gasteiger partial charge in [0.25, 0.3) is 23.6 Å². The van der Waals surface area contributed by atoms with Crippen molar-refractivity contribution >= 4 is 35.5 Å². The first kappa shape index (κ1) is 51.1. The van der Waals surface area contributed by atoms with Crippen LogP contribution in [0, 0.1) is 0 Å². The number of fused-ring (bicyclic) bond motifs is 8. The van der Waals surface area contributed by atoms with Crippen LogP contribution >= 0.6 is 0 Å². The van der Waals surface area contributed by atoms with Crippen molar-refractivity contribution in [3.63, 3.8) is 0 Å². The van der Waals surface area contributed by atoms with Gasteiger partial charge in [0.2, 0.25) is 0 Å². The number of hydrogen-bond donors (Lipinski definition) is 10. The van der Waals surface area contributed by atoms with Crippen LogP contribution in [-0.2, 0) is 26.2 Å². The molecule has 4 amide bonds. The third-order valence-corrected chi connectivity index (χ3v) is 13.1. The topological polar surface area (TPSA) is 220 Å². The molecule has 0 aromatic heterocycles. The lowest BCUT2D eigenvalue weighted by atomic mass is 9.92. The Morgan fingerprint density at radius 3 is 0.842 bits per heavy atom. The Bertz CT molecular complexity index is 3130. The SMILES string of the molecule is NC1=[NH+]Cc2cccc(c2)C(=O)N[C@@H](c2ccccc2)[C@H](c2ccccc2)NC(=O)c2cccc(c2)CNC(N)=[NH+]Cc2cccc(c2)C(=O)N[C@@H](c2ccccc2)[C@H](c2ccccc2)NC(=O)c2cccc(c2)CN1. The van der Waals surface area contributed by atoms with Crippen molar-refractivity contribution in [3.8, 4) is 0 Å². The predicted molar refractivity (Wildman–Crippen MR) is 294 cm³/mol. The first-order valence-electron chi connectivity index (χ1n) is 25.1. The van der Waals surface area contributed by atoms with Crippen LogP contribution in [0.1, 0.15) is 110 Å². The molecule has 0 spiro atoms. The zero-order valence-corrected chi connectivity index (χ0v) is 41.7. The summed E-state index contributed by atoms with van der Waals surface area (Å²) >= 11 is 0. The zero-order valence-electron chi connectivity index (χ0n) is 41.7. The molecule has 8 aromatic rings. The highest BCUT2D eigenvalue weighted by Gasteiger charge is 2.31. The number of carbonyl (C=O) groups is 4. The third kappa shape index (κ3) is 13.4. The molecule has 8 bridgehead atoms. The molecule has 1 aliphatic rings. The predicted octanol–water partition coefficient (Wildman–Crippen LogP) is 4.66. The van der Waals surface area contributed by atoms with Gasteiger partial charge in [-0.1, -0.05) is 170 Å². The minimum atomic E-state index is -0.681. The van der Waals surface area contributed by atoms with Crippen molar-refractivity contribution in [3.05, 3.63) is 285 Å². The van der Waals surface area contributed by atoms with E-state index in [2.05, 4.69) is 41.9 Å². The second-order valence-corrected chi connectivity index (χ2v) is 18.5. The summed E-state index contributed by atoms with van der Waals surface area (Å²) in [6.45, 7) is 1.20. The number of amides is 4. The molecule has 0 saturated carbocycles. The number of carbonyl (C=O) groups excluding carboxylic acids is 4. The van der Waals surface area contributed by atoms with Crippen LogP contribution in [0.25, 0.3) is 0 Å². The highest BCUT2D eigenvalue weighted by atomic mass is 16.2. The van der Waals surface area contributed by atoms with Gasteiger partial charge in [-0.15, -0.1) is 0 Å². The molecule has 12 N–H and O–H groups in total. The molecule has 0 aliphatic carbocycles. The molecule has 14 nitrogen and oxygen atoms in total. The summed E-state index contributed by atoms with van der Waals surface area (Å²) in [5, 5.41) is 19.5. The Labute approximate surface area is 441 Å². The van der Waals surface area contributed by atoms with Gasteiger partial charge >= 0.3 is 11.9 Å². The Hall–Kier alpha value is -9.82. The van der Waals surface area contributed by atoms with Crippen LogP contribution in [0.5, 0.6) is 0 Å².